The van der Waals surface area contributed by atoms with Crippen molar-refractivity contribution in [3.8, 4) is 0 Å². The normalized spacial score (nSPS) is 12.2. The van der Waals surface area contributed by atoms with E-state index < -0.39 is 12.0 Å². The van der Waals surface area contributed by atoms with Crippen molar-refractivity contribution in [1.29, 1.82) is 0 Å². The molecule has 0 aliphatic rings. The van der Waals surface area contributed by atoms with E-state index in [1.54, 1.807) is 17.6 Å². The van der Waals surface area contributed by atoms with Gasteiger partial charge in [0.05, 0.1) is 18.3 Å². The Balaban J connectivity index is 2.14. The second-order valence-electron chi connectivity index (χ2n) is 4.25. The summed E-state index contributed by atoms with van der Waals surface area (Å²) >= 11 is 1.52. The molecule has 1 atom stereocenters. The minimum Gasteiger partial charge on any atom is -0.468 e. The first kappa shape index (κ1) is 14.6. The van der Waals surface area contributed by atoms with Gasteiger partial charge in [-0.15, -0.1) is 11.3 Å². The number of esters is 1. The van der Waals surface area contributed by atoms with Crippen LogP contribution in [0.5, 0.6) is 0 Å². The molecular weight excluding hydrogens is 279 g/mol. The number of hydrogen-bond donors (Lipinski definition) is 1. The second kappa shape index (κ2) is 6.58. The number of halogens is 1. The maximum Gasteiger partial charge on any atom is 0.327 e. The number of nitrogens with zero attached hydrogens (tertiary/aromatic N) is 1. The first-order valence-electron chi connectivity index (χ1n) is 6.07. The summed E-state index contributed by atoms with van der Waals surface area (Å²) < 4.78 is 17.7. The summed E-state index contributed by atoms with van der Waals surface area (Å²) in [5.74, 6) is -0.741. The number of thiazole rings is 1. The van der Waals surface area contributed by atoms with Crippen LogP contribution in [0.4, 0.5) is 4.39 Å². The molecule has 1 heterocycles. The summed E-state index contributed by atoms with van der Waals surface area (Å²) in [4.78, 5) is 17.1. The van der Waals surface area contributed by atoms with Crippen LogP contribution in [0.2, 0.25) is 0 Å². The molecule has 2 rings (SSSR count). The lowest BCUT2D eigenvalue weighted by Gasteiger charge is -2.16. The maximum absolute atomic E-state index is 13.0. The van der Waals surface area contributed by atoms with Crippen molar-refractivity contribution < 1.29 is 13.9 Å². The summed E-state index contributed by atoms with van der Waals surface area (Å²) in [7, 11) is 1.33. The van der Waals surface area contributed by atoms with Crippen molar-refractivity contribution in [2.24, 2.45) is 0 Å². The molecule has 0 saturated carbocycles. The van der Waals surface area contributed by atoms with Crippen LogP contribution in [0.25, 0.3) is 0 Å². The van der Waals surface area contributed by atoms with Crippen LogP contribution in [-0.2, 0) is 16.1 Å². The number of benzene rings is 1. The van der Waals surface area contributed by atoms with Crippen molar-refractivity contribution in [2.75, 3.05) is 7.11 Å². The topological polar surface area (TPSA) is 51.2 Å². The molecule has 0 spiro atoms. The number of aryl methyl sites for hydroxylation is 1. The minimum atomic E-state index is -0.623. The molecule has 6 heteroatoms. The lowest BCUT2D eigenvalue weighted by atomic mass is 10.1. The van der Waals surface area contributed by atoms with Gasteiger partial charge < -0.3 is 4.74 Å². The summed E-state index contributed by atoms with van der Waals surface area (Å²) in [6.45, 7) is 2.42. The summed E-state index contributed by atoms with van der Waals surface area (Å²) in [6.07, 6.45) is 0. The van der Waals surface area contributed by atoms with E-state index in [1.807, 2.05) is 6.92 Å². The standard InChI is InChI=1S/C14H15FN2O2S/c1-9-12(20-8-17-9)7-16-13(14(18)19-2)10-3-5-11(15)6-4-10/h3-6,8,13,16H,7H2,1-2H3/t13-/m0/s1. The van der Waals surface area contributed by atoms with Crippen molar-refractivity contribution in [3.05, 3.63) is 51.7 Å². The van der Waals surface area contributed by atoms with Crippen molar-refractivity contribution in [1.82, 2.24) is 10.3 Å². The molecule has 1 aromatic heterocycles. The molecule has 0 bridgehead atoms. The van der Waals surface area contributed by atoms with E-state index in [0.29, 0.717) is 12.1 Å². The van der Waals surface area contributed by atoms with Gasteiger partial charge in [-0.25, -0.2) is 14.2 Å². The molecule has 0 aliphatic heterocycles. The fourth-order valence-corrected chi connectivity index (χ4v) is 2.53. The molecule has 0 radical (unpaired) electrons. The van der Waals surface area contributed by atoms with Gasteiger partial charge in [-0.2, -0.15) is 0 Å². The third-order valence-electron chi connectivity index (χ3n) is 2.95. The number of rotatable bonds is 5. The predicted molar refractivity (Wildman–Crippen MR) is 74.8 cm³/mol. The monoisotopic (exact) mass is 294 g/mol. The van der Waals surface area contributed by atoms with Crippen molar-refractivity contribution in [3.63, 3.8) is 0 Å². The second-order valence-corrected chi connectivity index (χ2v) is 5.19. The molecule has 0 aliphatic carbocycles. The molecule has 1 N–H and O–H groups in total. The van der Waals surface area contributed by atoms with E-state index in [-0.39, 0.29) is 5.82 Å². The van der Waals surface area contributed by atoms with Crippen LogP contribution >= 0.6 is 11.3 Å². The van der Waals surface area contributed by atoms with E-state index in [1.165, 1.54) is 30.6 Å². The first-order valence-corrected chi connectivity index (χ1v) is 6.95. The Morgan fingerprint density at radius 3 is 2.70 bits per heavy atom. The highest BCUT2D eigenvalue weighted by atomic mass is 32.1. The minimum absolute atomic E-state index is 0.337. The largest absolute Gasteiger partial charge is 0.468 e. The van der Waals surface area contributed by atoms with Gasteiger partial charge in [-0.05, 0) is 24.6 Å². The van der Waals surface area contributed by atoms with Crippen molar-refractivity contribution in [2.45, 2.75) is 19.5 Å². The summed E-state index contributed by atoms with van der Waals surface area (Å²) in [5.41, 5.74) is 3.36. The lowest BCUT2D eigenvalue weighted by molar-refractivity contribution is -0.143. The van der Waals surface area contributed by atoms with Crippen LogP contribution in [0.3, 0.4) is 0 Å². The molecule has 0 amide bonds. The molecule has 0 fully saturated rings. The Bertz CT molecular complexity index is 583. The van der Waals surface area contributed by atoms with E-state index in [9.17, 15) is 9.18 Å². The SMILES string of the molecule is COC(=O)[C@@H](NCc1scnc1C)c1ccc(F)cc1. The van der Waals surface area contributed by atoms with Crippen molar-refractivity contribution >= 4 is 17.3 Å². The highest BCUT2D eigenvalue weighted by Crippen LogP contribution is 2.18. The number of hydrogen-bond acceptors (Lipinski definition) is 5. The third-order valence-corrected chi connectivity index (χ3v) is 3.89. The van der Waals surface area contributed by atoms with Gasteiger partial charge in [0.25, 0.3) is 0 Å². The fourth-order valence-electron chi connectivity index (χ4n) is 1.80. The van der Waals surface area contributed by atoms with Crippen LogP contribution < -0.4 is 5.32 Å². The fraction of sp³-hybridized carbons (Fsp3) is 0.286. The zero-order valence-electron chi connectivity index (χ0n) is 11.2. The number of ether oxygens (including phenoxy) is 1. The number of carbonyl (C=O) groups excluding carboxylic acids is 1. The molecule has 0 unspecified atom stereocenters. The van der Waals surface area contributed by atoms with E-state index in [2.05, 4.69) is 10.3 Å². The Morgan fingerprint density at radius 1 is 1.45 bits per heavy atom. The highest BCUT2D eigenvalue weighted by molar-refractivity contribution is 7.09. The van der Waals surface area contributed by atoms with Gasteiger partial charge in [0.1, 0.15) is 11.9 Å². The van der Waals surface area contributed by atoms with Crippen LogP contribution in [0, 0.1) is 12.7 Å². The van der Waals surface area contributed by atoms with E-state index in [4.69, 9.17) is 4.74 Å². The van der Waals surface area contributed by atoms with Gasteiger partial charge in [-0.3, -0.25) is 5.32 Å². The van der Waals surface area contributed by atoms with E-state index in [0.717, 1.165) is 10.6 Å². The van der Waals surface area contributed by atoms with Gasteiger partial charge >= 0.3 is 5.97 Å². The molecule has 106 valence electrons. The Kier molecular flexibility index (Phi) is 4.81. The molecular formula is C14H15FN2O2S. The molecule has 0 saturated heterocycles. The Hall–Kier alpha value is -1.79. The number of nitrogens with one attached hydrogen (secondary N) is 1. The van der Waals surface area contributed by atoms with E-state index >= 15 is 0 Å². The van der Waals surface area contributed by atoms with Crippen LogP contribution in [-0.4, -0.2) is 18.1 Å². The molecule has 2 aromatic rings. The summed E-state index contributed by atoms with van der Waals surface area (Å²) in [5, 5.41) is 3.12. The number of methoxy groups -OCH3 is 1. The number of aromatic nitrogens is 1. The lowest BCUT2D eigenvalue weighted by Crippen LogP contribution is -2.29. The molecule has 20 heavy (non-hydrogen) atoms. The number of carbonyl (C=O) groups is 1. The van der Waals surface area contributed by atoms with Gasteiger partial charge in [0, 0.05) is 11.4 Å². The first-order chi connectivity index (χ1) is 9.61. The van der Waals surface area contributed by atoms with Gasteiger partial charge in [0.2, 0.25) is 0 Å². The third kappa shape index (κ3) is 3.40. The highest BCUT2D eigenvalue weighted by Gasteiger charge is 2.21. The van der Waals surface area contributed by atoms with Gasteiger partial charge in [0.15, 0.2) is 0 Å². The summed E-state index contributed by atoms with van der Waals surface area (Å²) in [6, 6.07) is 5.17. The van der Waals surface area contributed by atoms with Gasteiger partial charge in [-0.1, -0.05) is 12.1 Å². The molecule has 1 aromatic carbocycles. The Labute approximate surface area is 120 Å². The predicted octanol–water partition coefficient (Wildman–Crippen LogP) is 2.59. The van der Waals surface area contributed by atoms with Crippen LogP contribution in [0.15, 0.2) is 29.8 Å². The Morgan fingerprint density at radius 2 is 2.15 bits per heavy atom. The average Bonchev–Trinajstić information content (AvgIpc) is 2.86. The zero-order valence-corrected chi connectivity index (χ0v) is 12.0. The zero-order chi connectivity index (χ0) is 14.5. The van der Waals surface area contributed by atoms with Crippen LogP contribution in [0.1, 0.15) is 22.2 Å². The average molecular weight is 294 g/mol. The molecule has 4 nitrogen and oxygen atoms in total. The maximum atomic E-state index is 13.0. The smallest absolute Gasteiger partial charge is 0.327 e. The quantitative estimate of drug-likeness (QED) is 0.861.